The maximum absolute atomic E-state index is 11.8. The Kier molecular flexibility index (Phi) is 7.84. The number of morpholine rings is 1. The van der Waals surface area contributed by atoms with E-state index in [0.29, 0.717) is 26.2 Å². The molecule has 2 amide bonds. The Morgan fingerprint density at radius 1 is 1.17 bits per heavy atom. The van der Waals surface area contributed by atoms with E-state index in [-0.39, 0.29) is 17.6 Å². The van der Waals surface area contributed by atoms with E-state index in [9.17, 15) is 9.59 Å². The van der Waals surface area contributed by atoms with Crippen LogP contribution in [-0.4, -0.2) is 55.3 Å². The average Bonchev–Trinajstić information content (AvgIpc) is 2.43. The van der Waals surface area contributed by atoms with Gasteiger partial charge in [-0.25, -0.2) is 0 Å². The SMILES string of the molecule is O=C(CS)NCCCCCC(=O)N1CCOCC1. The van der Waals surface area contributed by atoms with Crippen LogP contribution in [0.3, 0.4) is 0 Å². The van der Waals surface area contributed by atoms with E-state index >= 15 is 0 Å². The molecule has 0 aromatic carbocycles. The number of ether oxygens (including phenoxy) is 1. The number of amides is 2. The summed E-state index contributed by atoms with van der Waals surface area (Å²) in [6, 6.07) is 0. The van der Waals surface area contributed by atoms with Gasteiger partial charge >= 0.3 is 0 Å². The molecule has 1 aliphatic heterocycles. The molecule has 1 heterocycles. The summed E-state index contributed by atoms with van der Waals surface area (Å²) in [7, 11) is 0. The Morgan fingerprint density at radius 2 is 1.89 bits per heavy atom. The number of hydrogen-bond acceptors (Lipinski definition) is 4. The van der Waals surface area contributed by atoms with E-state index in [1.807, 2.05) is 4.90 Å². The van der Waals surface area contributed by atoms with Crippen LogP contribution in [-0.2, 0) is 14.3 Å². The highest BCUT2D eigenvalue weighted by atomic mass is 32.1. The minimum absolute atomic E-state index is 0.0391. The summed E-state index contributed by atoms with van der Waals surface area (Å²) < 4.78 is 5.20. The minimum atomic E-state index is -0.0391. The molecule has 1 N–H and O–H groups in total. The normalized spacial score (nSPS) is 15.5. The lowest BCUT2D eigenvalue weighted by molar-refractivity contribution is -0.135. The number of thiol groups is 1. The zero-order valence-electron chi connectivity index (χ0n) is 10.7. The largest absolute Gasteiger partial charge is 0.378 e. The van der Waals surface area contributed by atoms with Crippen LogP contribution in [0.2, 0.25) is 0 Å². The molecule has 0 spiro atoms. The van der Waals surface area contributed by atoms with Crippen molar-refractivity contribution in [2.75, 3.05) is 38.6 Å². The fourth-order valence-electron chi connectivity index (χ4n) is 1.83. The Labute approximate surface area is 114 Å². The zero-order chi connectivity index (χ0) is 13.2. The molecule has 0 saturated carbocycles. The molecular weight excluding hydrogens is 252 g/mol. The summed E-state index contributed by atoms with van der Waals surface area (Å²) in [6.07, 6.45) is 3.35. The van der Waals surface area contributed by atoms with Gasteiger partial charge in [0.05, 0.1) is 19.0 Å². The molecule has 6 heteroatoms. The number of nitrogens with zero attached hydrogens (tertiary/aromatic N) is 1. The predicted octanol–water partition coefficient (Wildman–Crippen LogP) is 0.452. The number of carbonyl (C=O) groups is 2. The third-order valence-electron chi connectivity index (χ3n) is 2.90. The minimum Gasteiger partial charge on any atom is -0.378 e. The van der Waals surface area contributed by atoms with Crippen molar-refractivity contribution in [3.05, 3.63) is 0 Å². The molecular formula is C12H22N2O3S. The zero-order valence-corrected chi connectivity index (χ0v) is 11.6. The van der Waals surface area contributed by atoms with Crippen LogP contribution in [0.1, 0.15) is 25.7 Å². The van der Waals surface area contributed by atoms with Gasteiger partial charge in [0.25, 0.3) is 0 Å². The molecule has 0 bridgehead atoms. The molecule has 1 saturated heterocycles. The van der Waals surface area contributed by atoms with E-state index in [1.54, 1.807) is 0 Å². The van der Waals surface area contributed by atoms with E-state index in [0.717, 1.165) is 32.4 Å². The van der Waals surface area contributed by atoms with Gasteiger partial charge in [-0.3, -0.25) is 9.59 Å². The van der Waals surface area contributed by atoms with Gasteiger partial charge in [-0.15, -0.1) is 0 Å². The quantitative estimate of drug-likeness (QED) is 0.523. The summed E-state index contributed by atoms with van der Waals surface area (Å²) in [4.78, 5) is 24.5. The van der Waals surface area contributed by atoms with Crippen molar-refractivity contribution >= 4 is 24.4 Å². The lowest BCUT2D eigenvalue weighted by Gasteiger charge is -2.26. The smallest absolute Gasteiger partial charge is 0.229 e. The summed E-state index contributed by atoms with van der Waals surface area (Å²) in [5.41, 5.74) is 0. The van der Waals surface area contributed by atoms with Crippen LogP contribution in [0.15, 0.2) is 0 Å². The maximum Gasteiger partial charge on any atom is 0.229 e. The van der Waals surface area contributed by atoms with Crippen LogP contribution >= 0.6 is 12.6 Å². The molecule has 0 aliphatic carbocycles. The first-order valence-electron chi connectivity index (χ1n) is 6.47. The molecule has 104 valence electrons. The first kappa shape index (κ1) is 15.3. The van der Waals surface area contributed by atoms with Crippen molar-refractivity contribution < 1.29 is 14.3 Å². The first-order valence-corrected chi connectivity index (χ1v) is 7.10. The van der Waals surface area contributed by atoms with Crippen molar-refractivity contribution in [3.8, 4) is 0 Å². The second-order valence-corrected chi connectivity index (χ2v) is 4.63. The molecule has 0 atom stereocenters. The molecule has 0 aromatic rings. The van der Waals surface area contributed by atoms with Gasteiger partial charge in [0.2, 0.25) is 11.8 Å². The molecule has 1 fully saturated rings. The van der Waals surface area contributed by atoms with Crippen molar-refractivity contribution in [1.29, 1.82) is 0 Å². The second-order valence-electron chi connectivity index (χ2n) is 4.31. The number of carbonyl (C=O) groups excluding carboxylic acids is 2. The molecule has 1 aliphatic rings. The maximum atomic E-state index is 11.8. The van der Waals surface area contributed by atoms with E-state index < -0.39 is 0 Å². The fourth-order valence-corrected chi connectivity index (χ4v) is 1.94. The lowest BCUT2D eigenvalue weighted by Crippen LogP contribution is -2.40. The Morgan fingerprint density at radius 3 is 2.56 bits per heavy atom. The summed E-state index contributed by atoms with van der Waals surface area (Å²) in [5.74, 6) is 0.413. The van der Waals surface area contributed by atoms with Gasteiger partial charge < -0.3 is 15.0 Å². The summed E-state index contributed by atoms with van der Waals surface area (Å²) in [5, 5.41) is 2.76. The van der Waals surface area contributed by atoms with Crippen LogP contribution < -0.4 is 5.32 Å². The lowest BCUT2D eigenvalue weighted by atomic mass is 10.1. The first-order chi connectivity index (χ1) is 8.74. The number of unbranched alkanes of at least 4 members (excludes halogenated alkanes) is 2. The predicted molar refractivity (Wildman–Crippen MR) is 72.7 cm³/mol. The summed E-state index contributed by atoms with van der Waals surface area (Å²) in [6.45, 7) is 3.42. The van der Waals surface area contributed by atoms with E-state index in [1.165, 1.54) is 0 Å². The van der Waals surface area contributed by atoms with Crippen molar-refractivity contribution in [3.63, 3.8) is 0 Å². The van der Waals surface area contributed by atoms with Crippen molar-refractivity contribution in [1.82, 2.24) is 10.2 Å². The van der Waals surface area contributed by atoms with Gasteiger partial charge in [-0.1, -0.05) is 6.42 Å². The highest BCUT2D eigenvalue weighted by molar-refractivity contribution is 7.81. The number of rotatable bonds is 7. The number of hydrogen-bond donors (Lipinski definition) is 2. The van der Waals surface area contributed by atoms with E-state index in [4.69, 9.17) is 4.74 Å². The molecule has 5 nitrogen and oxygen atoms in total. The van der Waals surface area contributed by atoms with Crippen LogP contribution in [0.4, 0.5) is 0 Å². The standard InChI is InChI=1S/C12H22N2O3S/c15-11(10-18)13-5-3-1-2-4-12(16)14-6-8-17-9-7-14/h18H,1-10H2,(H,13,15). The highest BCUT2D eigenvalue weighted by Gasteiger charge is 2.15. The van der Waals surface area contributed by atoms with Gasteiger partial charge in [-0.05, 0) is 12.8 Å². The highest BCUT2D eigenvalue weighted by Crippen LogP contribution is 2.05. The van der Waals surface area contributed by atoms with Gasteiger partial charge in [0.15, 0.2) is 0 Å². The third kappa shape index (κ3) is 6.26. The molecule has 18 heavy (non-hydrogen) atoms. The Balaban J connectivity index is 1.96. The number of nitrogens with one attached hydrogen (secondary N) is 1. The summed E-state index contributed by atoms with van der Waals surface area (Å²) >= 11 is 3.87. The molecule has 0 aromatic heterocycles. The van der Waals surface area contributed by atoms with Gasteiger partial charge in [0.1, 0.15) is 0 Å². The Hall–Kier alpha value is -0.750. The average molecular weight is 274 g/mol. The molecule has 0 radical (unpaired) electrons. The van der Waals surface area contributed by atoms with Crippen molar-refractivity contribution in [2.45, 2.75) is 25.7 Å². The van der Waals surface area contributed by atoms with Crippen LogP contribution in [0.25, 0.3) is 0 Å². The molecule has 0 unspecified atom stereocenters. The third-order valence-corrected chi connectivity index (χ3v) is 3.18. The van der Waals surface area contributed by atoms with Crippen LogP contribution in [0.5, 0.6) is 0 Å². The fraction of sp³-hybridized carbons (Fsp3) is 0.833. The monoisotopic (exact) mass is 274 g/mol. The molecule has 1 rings (SSSR count). The Bertz CT molecular complexity index is 268. The van der Waals surface area contributed by atoms with E-state index in [2.05, 4.69) is 17.9 Å². The van der Waals surface area contributed by atoms with Crippen molar-refractivity contribution in [2.24, 2.45) is 0 Å². The van der Waals surface area contributed by atoms with Gasteiger partial charge in [0, 0.05) is 26.1 Å². The van der Waals surface area contributed by atoms with Gasteiger partial charge in [-0.2, -0.15) is 12.6 Å². The topological polar surface area (TPSA) is 58.6 Å². The second kappa shape index (κ2) is 9.22. The van der Waals surface area contributed by atoms with Crippen LogP contribution in [0, 0.1) is 0 Å².